The molecule has 0 saturated carbocycles. The van der Waals surface area contributed by atoms with Gasteiger partial charge in [0.1, 0.15) is 11.6 Å². The van der Waals surface area contributed by atoms with E-state index >= 15 is 0 Å². The molecule has 2 rings (SSSR count). The molecule has 0 fully saturated rings. The molecule has 2 aromatic carbocycles. The van der Waals surface area contributed by atoms with Crippen LogP contribution in [-0.2, 0) is 6.54 Å². The van der Waals surface area contributed by atoms with Gasteiger partial charge in [0.2, 0.25) is 0 Å². The van der Waals surface area contributed by atoms with Crippen LogP contribution in [0.3, 0.4) is 0 Å². The van der Waals surface area contributed by atoms with Crippen LogP contribution in [-0.4, -0.2) is 11.1 Å². The smallest absolute Gasteiger partial charge is 0.335 e. The number of halogens is 3. The minimum atomic E-state index is -1.17. The minimum Gasteiger partial charge on any atom is -0.478 e. The van der Waals surface area contributed by atoms with Gasteiger partial charge in [0.15, 0.2) is 0 Å². The van der Waals surface area contributed by atoms with E-state index in [1.165, 1.54) is 18.2 Å². The Morgan fingerprint density at radius 3 is 2.60 bits per heavy atom. The number of carbonyl (C=O) groups is 1. The van der Waals surface area contributed by atoms with Crippen molar-refractivity contribution < 1.29 is 18.7 Å². The fourth-order valence-corrected chi connectivity index (χ4v) is 1.91. The van der Waals surface area contributed by atoms with Gasteiger partial charge in [-0.2, -0.15) is 0 Å². The number of carboxylic acids is 1. The highest BCUT2D eigenvalue weighted by atomic mass is 35.5. The summed E-state index contributed by atoms with van der Waals surface area (Å²) in [7, 11) is 0. The molecule has 0 atom stereocenters. The van der Waals surface area contributed by atoms with E-state index in [2.05, 4.69) is 5.32 Å². The van der Waals surface area contributed by atoms with E-state index in [9.17, 15) is 13.6 Å². The first-order chi connectivity index (χ1) is 9.49. The van der Waals surface area contributed by atoms with Crippen LogP contribution in [0.1, 0.15) is 15.9 Å². The molecule has 0 spiro atoms. The Hall–Kier alpha value is -2.14. The predicted octanol–water partition coefficient (Wildman–Crippen LogP) is 3.93. The predicted molar refractivity (Wildman–Crippen MR) is 72.1 cm³/mol. The van der Waals surface area contributed by atoms with Crippen molar-refractivity contribution in [1.82, 2.24) is 0 Å². The van der Waals surface area contributed by atoms with Crippen molar-refractivity contribution in [3.8, 4) is 0 Å². The van der Waals surface area contributed by atoms with Gasteiger partial charge < -0.3 is 10.4 Å². The largest absolute Gasteiger partial charge is 0.478 e. The molecule has 2 N–H and O–H groups in total. The van der Waals surface area contributed by atoms with Crippen molar-refractivity contribution >= 4 is 23.3 Å². The average Bonchev–Trinajstić information content (AvgIpc) is 2.39. The molecule has 0 saturated heterocycles. The lowest BCUT2D eigenvalue weighted by molar-refractivity contribution is 0.0697. The monoisotopic (exact) mass is 297 g/mol. The summed E-state index contributed by atoms with van der Waals surface area (Å²) in [5.41, 5.74) is 0.104. The van der Waals surface area contributed by atoms with E-state index in [0.29, 0.717) is 0 Å². The summed E-state index contributed by atoms with van der Waals surface area (Å²) >= 11 is 5.85. The topological polar surface area (TPSA) is 49.3 Å². The number of anilines is 1. The van der Waals surface area contributed by atoms with Crippen LogP contribution in [0.2, 0.25) is 5.02 Å². The number of nitrogens with one attached hydrogen (secondary N) is 1. The SMILES string of the molecule is O=C(O)c1ccc(F)c(NCc2c(F)cccc2Cl)c1. The van der Waals surface area contributed by atoms with Crippen molar-refractivity contribution in [2.45, 2.75) is 6.54 Å². The van der Waals surface area contributed by atoms with E-state index in [4.69, 9.17) is 16.7 Å². The second-order valence-corrected chi connectivity index (χ2v) is 4.46. The maximum Gasteiger partial charge on any atom is 0.335 e. The van der Waals surface area contributed by atoms with Gasteiger partial charge in [0.25, 0.3) is 0 Å². The number of aromatic carboxylic acids is 1. The van der Waals surface area contributed by atoms with Crippen LogP contribution in [0.5, 0.6) is 0 Å². The number of rotatable bonds is 4. The van der Waals surface area contributed by atoms with E-state index < -0.39 is 17.6 Å². The maximum atomic E-state index is 13.6. The summed E-state index contributed by atoms with van der Waals surface area (Å²) in [6.45, 7) is -0.0501. The van der Waals surface area contributed by atoms with Gasteiger partial charge >= 0.3 is 5.97 Å². The first kappa shape index (κ1) is 14.3. The number of hydrogen-bond donors (Lipinski definition) is 2. The highest BCUT2D eigenvalue weighted by molar-refractivity contribution is 6.31. The van der Waals surface area contributed by atoms with Crippen molar-refractivity contribution in [2.75, 3.05) is 5.32 Å². The zero-order chi connectivity index (χ0) is 14.7. The van der Waals surface area contributed by atoms with Crippen molar-refractivity contribution in [1.29, 1.82) is 0 Å². The summed E-state index contributed by atoms with van der Waals surface area (Å²) in [5.74, 6) is -2.31. The van der Waals surface area contributed by atoms with Crippen LogP contribution < -0.4 is 5.32 Å². The van der Waals surface area contributed by atoms with Crippen molar-refractivity contribution in [2.24, 2.45) is 0 Å². The molecule has 0 aliphatic rings. The molecular weight excluding hydrogens is 288 g/mol. The molecule has 0 radical (unpaired) electrons. The van der Waals surface area contributed by atoms with E-state index in [1.807, 2.05) is 0 Å². The molecule has 0 aliphatic carbocycles. The minimum absolute atomic E-state index is 0.0239. The molecule has 0 amide bonds. The summed E-state index contributed by atoms with van der Waals surface area (Å²) in [5, 5.41) is 11.7. The highest BCUT2D eigenvalue weighted by Gasteiger charge is 2.10. The van der Waals surface area contributed by atoms with E-state index in [1.54, 1.807) is 0 Å². The van der Waals surface area contributed by atoms with Crippen LogP contribution >= 0.6 is 11.6 Å². The van der Waals surface area contributed by atoms with Gasteiger partial charge in [-0.25, -0.2) is 13.6 Å². The van der Waals surface area contributed by atoms with E-state index in [-0.39, 0.29) is 28.4 Å². The zero-order valence-corrected chi connectivity index (χ0v) is 10.9. The molecule has 0 aliphatic heterocycles. The zero-order valence-electron chi connectivity index (χ0n) is 10.2. The number of hydrogen-bond acceptors (Lipinski definition) is 2. The third-order valence-electron chi connectivity index (χ3n) is 2.73. The molecule has 0 aromatic heterocycles. The third-order valence-corrected chi connectivity index (χ3v) is 3.08. The van der Waals surface area contributed by atoms with Gasteiger partial charge in [-0.05, 0) is 30.3 Å². The highest BCUT2D eigenvalue weighted by Crippen LogP contribution is 2.22. The first-order valence-corrected chi connectivity index (χ1v) is 6.06. The Morgan fingerprint density at radius 1 is 1.20 bits per heavy atom. The second kappa shape index (κ2) is 5.88. The first-order valence-electron chi connectivity index (χ1n) is 5.68. The van der Waals surface area contributed by atoms with Crippen molar-refractivity contribution in [3.05, 3.63) is 64.2 Å². The van der Waals surface area contributed by atoms with E-state index in [0.717, 1.165) is 18.2 Å². The molecule has 0 unspecified atom stereocenters. The standard InChI is InChI=1S/C14H10ClF2NO2/c15-10-2-1-3-11(16)9(10)7-18-13-6-8(14(19)20)4-5-12(13)17/h1-6,18H,7H2,(H,19,20). The number of benzene rings is 2. The Labute approximate surface area is 118 Å². The molecular formula is C14H10ClF2NO2. The van der Waals surface area contributed by atoms with Crippen LogP contribution in [0.4, 0.5) is 14.5 Å². The fraction of sp³-hybridized carbons (Fsp3) is 0.0714. The third kappa shape index (κ3) is 3.05. The molecule has 0 bridgehead atoms. The van der Waals surface area contributed by atoms with Crippen LogP contribution in [0.25, 0.3) is 0 Å². The lowest BCUT2D eigenvalue weighted by Gasteiger charge is -2.10. The van der Waals surface area contributed by atoms with Crippen LogP contribution in [0, 0.1) is 11.6 Å². The molecule has 6 heteroatoms. The normalized spacial score (nSPS) is 10.3. The molecule has 3 nitrogen and oxygen atoms in total. The summed E-state index contributed by atoms with van der Waals surface area (Å²) in [6, 6.07) is 7.56. The number of carboxylic acid groups (broad SMARTS) is 1. The van der Waals surface area contributed by atoms with Crippen LogP contribution in [0.15, 0.2) is 36.4 Å². The molecule has 2 aromatic rings. The average molecular weight is 298 g/mol. The molecule has 20 heavy (non-hydrogen) atoms. The van der Waals surface area contributed by atoms with Gasteiger partial charge in [0.05, 0.1) is 11.3 Å². The Kier molecular flexibility index (Phi) is 4.20. The lowest BCUT2D eigenvalue weighted by atomic mass is 10.1. The quantitative estimate of drug-likeness (QED) is 0.899. The summed E-state index contributed by atoms with van der Waals surface area (Å²) < 4.78 is 27.1. The molecule has 104 valence electrons. The summed E-state index contributed by atoms with van der Waals surface area (Å²) in [6.07, 6.45) is 0. The maximum absolute atomic E-state index is 13.6. The summed E-state index contributed by atoms with van der Waals surface area (Å²) in [4.78, 5) is 10.8. The fourth-order valence-electron chi connectivity index (χ4n) is 1.68. The Morgan fingerprint density at radius 2 is 1.95 bits per heavy atom. The van der Waals surface area contributed by atoms with Gasteiger partial charge in [-0.15, -0.1) is 0 Å². The lowest BCUT2D eigenvalue weighted by Crippen LogP contribution is -2.06. The van der Waals surface area contributed by atoms with Gasteiger partial charge in [-0.3, -0.25) is 0 Å². The second-order valence-electron chi connectivity index (χ2n) is 4.05. The van der Waals surface area contributed by atoms with Gasteiger partial charge in [-0.1, -0.05) is 17.7 Å². The molecule has 0 heterocycles. The van der Waals surface area contributed by atoms with Crippen molar-refractivity contribution in [3.63, 3.8) is 0 Å². The van der Waals surface area contributed by atoms with Gasteiger partial charge in [0, 0.05) is 17.1 Å². The Bertz CT molecular complexity index is 641. The Balaban J connectivity index is 2.23.